The van der Waals surface area contributed by atoms with Gasteiger partial charge in [-0.3, -0.25) is 4.90 Å². The second kappa shape index (κ2) is 5.80. The summed E-state index contributed by atoms with van der Waals surface area (Å²) in [6.07, 6.45) is 2.42. The van der Waals surface area contributed by atoms with Crippen LogP contribution in [0, 0.1) is 5.92 Å². The molecule has 0 amide bonds. The Morgan fingerprint density at radius 3 is 2.65 bits per heavy atom. The van der Waals surface area contributed by atoms with Crippen LogP contribution in [0.15, 0.2) is 12.1 Å². The molecule has 1 aromatic carbocycles. The zero-order valence-electron chi connectivity index (χ0n) is 11.7. The molecule has 1 saturated heterocycles. The number of hydrogen-bond donors (Lipinski definition) is 2. The van der Waals surface area contributed by atoms with Crippen molar-refractivity contribution in [2.24, 2.45) is 5.92 Å². The van der Waals surface area contributed by atoms with Crippen LogP contribution in [0.3, 0.4) is 0 Å². The van der Waals surface area contributed by atoms with Gasteiger partial charge in [0.2, 0.25) is 0 Å². The summed E-state index contributed by atoms with van der Waals surface area (Å²) in [6, 6.07) is 3.77. The number of rotatable bonds is 4. The molecule has 1 aromatic rings. The Hall–Kier alpha value is -0.970. The second-order valence-electron chi connectivity index (χ2n) is 5.58. The third-order valence-electron chi connectivity index (χ3n) is 4.26. The highest BCUT2D eigenvalue weighted by Gasteiger charge is 2.40. The minimum absolute atomic E-state index is 0.182. The number of benzene rings is 1. The molecule has 2 fully saturated rings. The first kappa shape index (κ1) is 14.0. The molecule has 1 aliphatic heterocycles. The van der Waals surface area contributed by atoms with Crippen LogP contribution >= 0.6 is 11.6 Å². The quantitative estimate of drug-likeness (QED) is 0.896. The van der Waals surface area contributed by atoms with Crippen LogP contribution in [0.25, 0.3) is 0 Å². The maximum Gasteiger partial charge on any atom is 0.142 e. The molecule has 5 heteroatoms. The summed E-state index contributed by atoms with van der Waals surface area (Å²) >= 11 is 6.11. The predicted octanol–water partition coefficient (Wildman–Crippen LogP) is 2.41. The van der Waals surface area contributed by atoms with E-state index >= 15 is 0 Å². The Morgan fingerprint density at radius 1 is 1.35 bits per heavy atom. The van der Waals surface area contributed by atoms with Gasteiger partial charge in [0.1, 0.15) is 11.5 Å². The number of hydrogen-bond acceptors (Lipinski definition) is 4. The third-order valence-corrected chi connectivity index (χ3v) is 4.56. The van der Waals surface area contributed by atoms with E-state index in [0.717, 1.165) is 37.5 Å². The molecule has 1 aliphatic carbocycles. The molecule has 0 unspecified atom stereocenters. The normalized spacial score (nSPS) is 21.7. The van der Waals surface area contributed by atoms with Gasteiger partial charge in [-0.05, 0) is 30.9 Å². The highest BCUT2D eigenvalue weighted by Crippen LogP contribution is 2.51. The Balaban J connectivity index is 2.00. The minimum Gasteiger partial charge on any atom is -0.506 e. The van der Waals surface area contributed by atoms with Crippen LogP contribution in [0.4, 0.5) is 0 Å². The zero-order chi connectivity index (χ0) is 14.1. The lowest BCUT2D eigenvalue weighted by Gasteiger charge is -2.36. The molecular weight excluding hydrogens is 276 g/mol. The molecule has 3 rings (SSSR count). The molecule has 20 heavy (non-hydrogen) atoms. The number of phenolic OH excluding ortho intramolecular Hbond substituents is 1. The summed E-state index contributed by atoms with van der Waals surface area (Å²) in [5.74, 6) is 1.52. The summed E-state index contributed by atoms with van der Waals surface area (Å²) in [6.45, 7) is 3.98. The molecule has 4 nitrogen and oxygen atoms in total. The first-order chi connectivity index (χ1) is 9.72. The van der Waals surface area contributed by atoms with E-state index in [1.54, 1.807) is 13.2 Å². The maximum absolute atomic E-state index is 10.4. The summed E-state index contributed by atoms with van der Waals surface area (Å²) < 4.78 is 5.47. The van der Waals surface area contributed by atoms with Crippen molar-refractivity contribution in [3.05, 3.63) is 22.7 Å². The van der Waals surface area contributed by atoms with Crippen molar-refractivity contribution in [2.45, 2.75) is 18.9 Å². The first-order valence-electron chi connectivity index (χ1n) is 7.22. The predicted molar refractivity (Wildman–Crippen MR) is 79.6 cm³/mol. The average molecular weight is 297 g/mol. The van der Waals surface area contributed by atoms with Gasteiger partial charge in [-0.15, -0.1) is 0 Å². The van der Waals surface area contributed by atoms with Gasteiger partial charge in [-0.1, -0.05) is 11.6 Å². The van der Waals surface area contributed by atoms with Crippen molar-refractivity contribution < 1.29 is 9.84 Å². The number of halogens is 1. The van der Waals surface area contributed by atoms with Crippen molar-refractivity contribution in [3.63, 3.8) is 0 Å². The molecule has 0 radical (unpaired) electrons. The SMILES string of the molecule is COc1ccc(Cl)c(O)c1[C@H](C1CC1)N1CCNCC1. The van der Waals surface area contributed by atoms with E-state index in [4.69, 9.17) is 16.3 Å². The van der Waals surface area contributed by atoms with E-state index in [1.807, 2.05) is 6.07 Å². The minimum atomic E-state index is 0.182. The highest BCUT2D eigenvalue weighted by molar-refractivity contribution is 6.32. The summed E-state index contributed by atoms with van der Waals surface area (Å²) in [4.78, 5) is 2.45. The van der Waals surface area contributed by atoms with Crippen molar-refractivity contribution in [1.29, 1.82) is 0 Å². The van der Waals surface area contributed by atoms with Crippen LogP contribution < -0.4 is 10.1 Å². The van der Waals surface area contributed by atoms with E-state index in [0.29, 0.717) is 10.9 Å². The molecule has 2 aliphatic rings. The Morgan fingerprint density at radius 2 is 2.05 bits per heavy atom. The van der Waals surface area contributed by atoms with Crippen LogP contribution in [-0.2, 0) is 0 Å². The second-order valence-corrected chi connectivity index (χ2v) is 5.99. The summed E-state index contributed by atoms with van der Waals surface area (Å²) in [5, 5.41) is 14.2. The number of aromatic hydroxyl groups is 1. The van der Waals surface area contributed by atoms with Gasteiger partial charge in [0.05, 0.1) is 17.7 Å². The standard InChI is InChI=1S/C15H21ClN2O2/c1-20-12-5-4-11(16)15(19)13(12)14(10-2-3-10)18-8-6-17-7-9-18/h4-5,10,14,17,19H,2-3,6-9H2,1H3/t14-/m0/s1. The number of phenols is 1. The number of nitrogens with one attached hydrogen (secondary N) is 1. The van der Waals surface area contributed by atoms with Crippen molar-refractivity contribution in [2.75, 3.05) is 33.3 Å². The first-order valence-corrected chi connectivity index (χ1v) is 7.60. The Bertz CT molecular complexity index is 485. The number of nitrogens with zero attached hydrogens (tertiary/aromatic N) is 1. The largest absolute Gasteiger partial charge is 0.506 e. The molecular formula is C15H21ClN2O2. The van der Waals surface area contributed by atoms with Crippen LogP contribution in [-0.4, -0.2) is 43.3 Å². The van der Waals surface area contributed by atoms with Gasteiger partial charge in [0.25, 0.3) is 0 Å². The Kier molecular flexibility index (Phi) is 4.06. The van der Waals surface area contributed by atoms with Gasteiger partial charge < -0.3 is 15.2 Å². The van der Waals surface area contributed by atoms with E-state index in [9.17, 15) is 5.11 Å². The fourth-order valence-electron chi connectivity index (χ4n) is 3.12. The zero-order valence-corrected chi connectivity index (χ0v) is 12.5. The van der Waals surface area contributed by atoms with E-state index in [2.05, 4.69) is 10.2 Å². The lowest BCUT2D eigenvalue weighted by molar-refractivity contribution is 0.151. The molecule has 0 spiro atoms. The molecule has 0 aromatic heterocycles. The van der Waals surface area contributed by atoms with Crippen molar-refractivity contribution in [3.8, 4) is 11.5 Å². The highest BCUT2D eigenvalue weighted by atomic mass is 35.5. The summed E-state index contributed by atoms with van der Waals surface area (Å²) in [7, 11) is 1.65. The molecule has 1 heterocycles. The van der Waals surface area contributed by atoms with Gasteiger partial charge in [0, 0.05) is 32.2 Å². The van der Waals surface area contributed by atoms with Crippen LogP contribution in [0.2, 0.25) is 5.02 Å². The van der Waals surface area contributed by atoms with Crippen molar-refractivity contribution >= 4 is 11.6 Å². The number of piperazine rings is 1. The summed E-state index contributed by atoms with van der Waals surface area (Å²) in [5.41, 5.74) is 0.865. The lowest BCUT2D eigenvalue weighted by Crippen LogP contribution is -2.45. The number of methoxy groups -OCH3 is 1. The van der Waals surface area contributed by atoms with Crippen LogP contribution in [0.1, 0.15) is 24.4 Å². The van der Waals surface area contributed by atoms with Crippen molar-refractivity contribution in [1.82, 2.24) is 10.2 Å². The fourth-order valence-corrected chi connectivity index (χ4v) is 3.28. The average Bonchev–Trinajstić information content (AvgIpc) is 3.30. The topological polar surface area (TPSA) is 44.7 Å². The monoisotopic (exact) mass is 296 g/mol. The lowest BCUT2D eigenvalue weighted by atomic mass is 9.97. The third kappa shape index (κ3) is 2.60. The van der Waals surface area contributed by atoms with Crippen LogP contribution in [0.5, 0.6) is 11.5 Å². The molecule has 0 bridgehead atoms. The van der Waals surface area contributed by atoms with E-state index in [-0.39, 0.29) is 11.8 Å². The fraction of sp³-hybridized carbons (Fsp3) is 0.600. The molecule has 1 saturated carbocycles. The Labute approximate surface area is 124 Å². The smallest absolute Gasteiger partial charge is 0.142 e. The van der Waals surface area contributed by atoms with Gasteiger partial charge in [-0.2, -0.15) is 0 Å². The van der Waals surface area contributed by atoms with E-state index in [1.165, 1.54) is 12.8 Å². The molecule has 1 atom stereocenters. The van der Waals surface area contributed by atoms with Gasteiger partial charge in [0.15, 0.2) is 0 Å². The maximum atomic E-state index is 10.4. The van der Waals surface area contributed by atoms with E-state index < -0.39 is 0 Å². The molecule has 110 valence electrons. The molecule has 2 N–H and O–H groups in total. The number of ether oxygens (including phenoxy) is 1. The van der Waals surface area contributed by atoms with Gasteiger partial charge >= 0.3 is 0 Å². The van der Waals surface area contributed by atoms with Gasteiger partial charge in [-0.25, -0.2) is 0 Å².